The third kappa shape index (κ3) is 4.01. The van der Waals surface area contributed by atoms with Crippen molar-refractivity contribution in [3.8, 4) is 0 Å². The average molecular weight is 256 g/mol. The monoisotopic (exact) mass is 256 g/mol. The van der Waals surface area contributed by atoms with Crippen molar-refractivity contribution in [3.63, 3.8) is 0 Å². The Kier molecular flexibility index (Phi) is 5.04. The summed E-state index contributed by atoms with van der Waals surface area (Å²) in [5.74, 6) is -0.744. The number of nitrogens with one attached hydrogen (secondary N) is 2. The normalized spacial score (nSPS) is 20.0. The molecule has 0 radical (unpaired) electrons. The second-order valence-electron chi connectivity index (χ2n) is 4.42. The molecule has 1 saturated heterocycles. The average Bonchev–Trinajstić information content (AvgIpc) is 2.40. The first-order chi connectivity index (χ1) is 8.75. The molecule has 3 nitrogen and oxygen atoms in total. The molecule has 0 bridgehead atoms. The second kappa shape index (κ2) is 6.78. The summed E-state index contributed by atoms with van der Waals surface area (Å²) in [6.07, 6.45) is 0.483. The van der Waals surface area contributed by atoms with Gasteiger partial charge in [-0.05, 0) is 36.7 Å². The van der Waals surface area contributed by atoms with E-state index >= 15 is 0 Å². The van der Waals surface area contributed by atoms with Crippen molar-refractivity contribution in [1.29, 1.82) is 0 Å². The summed E-state index contributed by atoms with van der Waals surface area (Å²) >= 11 is 0. The van der Waals surface area contributed by atoms with Crippen LogP contribution in [0.3, 0.4) is 0 Å². The van der Waals surface area contributed by atoms with Crippen molar-refractivity contribution in [2.45, 2.75) is 12.5 Å². The molecule has 2 N–H and O–H groups in total. The van der Waals surface area contributed by atoms with Crippen LogP contribution in [0.1, 0.15) is 5.56 Å². The first-order valence-electron chi connectivity index (χ1n) is 6.21. The fourth-order valence-corrected chi connectivity index (χ4v) is 1.99. The van der Waals surface area contributed by atoms with E-state index in [0.717, 1.165) is 25.8 Å². The van der Waals surface area contributed by atoms with Crippen molar-refractivity contribution in [2.24, 2.45) is 0 Å². The minimum absolute atomic E-state index is 0.302. The van der Waals surface area contributed by atoms with Gasteiger partial charge in [0, 0.05) is 19.1 Å². The molecule has 0 spiro atoms. The largest absolute Gasteiger partial charge is 0.378 e. The van der Waals surface area contributed by atoms with Crippen LogP contribution in [-0.4, -0.2) is 38.9 Å². The summed E-state index contributed by atoms with van der Waals surface area (Å²) in [4.78, 5) is 0. The molecule has 1 aromatic carbocycles. The highest BCUT2D eigenvalue weighted by Gasteiger charge is 2.12. The van der Waals surface area contributed by atoms with Crippen molar-refractivity contribution in [1.82, 2.24) is 10.6 Å². The van der Waals surface area contributed by atoms with Crippen LogP contribution < -0.4 is 10.6 Å². The molecule has 0 amide bonds. The summed E-state index contributed by atoms with van der Waals surface area (Å²) in [5, 5.41) is 6.54. The van der Waals surface area contributed by atoms with Crippen molar-refractivity contribution in [3.05, 3.63) is 35.4 Å². The molecule has 0 aromatic heterocycles. The van der Waals surface area contributed by atoms with E-state index in [0.29, 0.717) is 31.2 Å². The lowest BCUT2D eigenvalue weighted by molar-refractivity contribution is 0.0768. The minimum Gasteiger partial charge on any atom is -0.378 e. The van der Waals surface area contributed by atoms with Crippen LogP contribution in [0.15, 0.2) is 18.2 Å². The lowest BCUT2D eigenvalue weighted by atomic mass is 10.1. The van der Waals surface area contributed by atoms with Gasteiger partial charge in [0.15, 0.2) is 0 Å². The highest BCUT2D eigenvalue weighted by atomic mass is 19.1. The van der Waals surface area contributed by atoms with Gasteiger partial charge in [-0.3, -0.25) is 0 Å². The summed E-state index contributed by atoms with van der Waals surface area (Å²) in [5.41, 5.74) is 0.412. The number of halogens is 2. The molecule has 5 heteroatoms. The Hall–Kier alpha value is -1.04. The van der Waals surface area contributed by atoms with Gasteiger partial charge in [-0.15, -0.1) is 0 Å². The number of rotatable bonds is 5. The summed E-state index contributed by atoms with van der Waals surface area (Å²) in [6.45, 7) is 3.71. The highest BCUT2D eigenvalue weighted by Crippen LogP contribution is 2.09. The predicted molar refractivity (Wildman–Crippen MR) is 65.5 cm³/mol. The Morgan fingerprint density at radius 2 is 2.28 bits per heavy atom. The maximum atomic E-state index is 13.3. The van der Waals surface area contributed by atoms with Crippen LogP contribution in [-0.2, 0) is 11.2 Å². The highest BCUT2D eigenvalue weighted by molar-refractivity contribution is 5.18. The van der Waals surface area contributed by atoms with E-state index in [1.54, 1.807) is 0 Å². The first-order valence-corrected chi connectivity index (χ1v) is 6.21. The molecule has 1 aliphatic rings. The topological polar surface area (TPSA) is 33.3 Å². The maximum Gasteiger partial charge on any atom is 0.126 e. The molecule has 18 heavy (non-hydrogen) atoms. The SMILES string of the molecule is Fc1ccc(F)c(CCNCC2COCCN2)c1. The van der Waals surface area contributed by atoms with E-state index in [-0.39, 0.29) is 5.82 Å². The first kappa shape index (κ1) is 13.4. The van der Waals surface area contributed by atoms with E-state index in [1.807, 2.05) is 0 Å². The molecule has 1 aliphatic heterocycles. The number of benzene rings is 1. The van der Waals surface area contributed by atoms with Crippen LogP contribution in [0.5, 0.6) is 0 Å². The van der Waals surface area contributed by atoms with Gasteiger partial charge >= 0.3 is 0 Å². The molecular formula is C13H18F2N2O. The third-order valence-corrected chi connectivity index (χ3v) is 2.97. The van der Waals surface area contributed by atoms with Gasteiger partial charge in [0.05, 0.1) is 13.2 Å². The van der Waals surface area contributed by atoms with Crippen LogP contribution >= 0.6 is 0 Å². The number of ether oxygens (including phenoxy) is 1. The molecule has 0 saturated carbocycles. The number of morpholine rings is 1. The van der Waals surface area contributed by atoms with Crippen molar-refractivity contribution < 1.29 is 13.5 Å². The summed E-state index contributed by atoms with van der Waals surface area (Å²) in [7, 11) is 0. The number of hydrogen-bond acceptors (Lipinski definition) is 3. The Labute approximate surface area is 106 Å². The molecular weight excluding hydrogens is 238 g/mol. The minimum atomic E-state index is -0.395. The van der Waals surface area contributed by atoms with E-state index in [4.69, 9.17) is 4.74 Å². The molecule has 1 heterocycles. The van der Waals surface area contributed by atoms with Crippen LogP contribution in [0, 0.1) is 11.6 Å². The second-order valence-corrected chi connectivity index (χ2v) is 4.42. The van der Waals surface area contributed by atoms with E-state index < -0.39 is 5.82 Å². The van der Waals surface area contributed by atoms with E-state index in [1.165, 1.54) is 12.1 Å². The van der Waals surface area contributed by atoms with Gasteiger partial charge in [-0.25, -0.2) is 8.78 Å². The lowest BCUT2D eigenvalue weighted by Crippen LogP contribution is -2.47. The molecule has 1 unspecified atom stereocenters. The third-order valence-electron chi connectivity index (χ3n) is 2.97. The fourth-order valence-electron chi connectivity index (χ4n) is 1.99. The fraction of sp³-hybridized carbons (Fsp3) is 0.538. The molecule has 1 fully saturated rings. The van der Waals surface area contributed by atoms with Gasteiger partial charge in [-0.1, -0.05) is 0 Å². The Morgan fingerprint density at radius 3 is 3.06 bits per heavy atom. The van der Waals surface area contributed by atoms with Crippen molar-refractivity contribution >= 4 is 0 Å². The zero-order valence-corrected chi connectivity index (χ0v) is 10.2. The van der Waals surface area contributed by atoms with E-state index in [9.17, 15) is 8.78 Å². The van der Waals surface area contributed by atoms with Gasteiger partial charge < -0.3 is 15.4 Å². The smallest absolute Gasteiger partial charge is 0.126 e. The Morgan fingerprint density at radius 1 is 1.39 bits per heavy atom. The van der Waals surface area contributed by atoms with Crippen LogP contribution in [0.2, 0.25) is 0 Å². The van der Waals surface area contributed by atoms with Gasteiger partial charge in [0.1, 0.15) is 11.6 Å². The maximum absolute atomic E-state index is 13.3. The van der Waals surface area contributed by atoms with Crippen LogP contribution in [0.4, 0.5) is 8.78 Å². The molecule has 1 atom stereocenters. The summed E-state index contributed by atoms with van der Waals surface area (Å²) in [6, 6.07) is 3.85. The predicted octanol–water partition coefficient (Wildman–Crippen LogP) is 1.09. The van der Waals surface area contributed by atoms with Gasteiger partial charge in [0.25, 0.3) is 0 Å². The molecule has 2 rings (SSSR count). The quantitative estimate of drug-likeness (QED) is 0.774. The zero-order valence-electron chi connectivity index (χ0n) is 10.2. The van der Waals surface area contributed by atoms with Crippen LogP contribution in [0.25, 0.3) is 0 Å². The summed E-state index contributed by atoms with van der Waals surface area (Å²) < 4.78 is 31.6. The number of hydrogen-bond donors (Lipinski definition) is 2. The molecule has 1 aromatic rings. The van der Waals surface area contributed by atoms with Gasteiger partial charge in [0.2, 0.25) is 0 Å². The lowest BCUT2D eigenvalue weighted by Gasteiger charge is -2.24. The van der Waals surface area contributed by atoms with E-state index in [2.05, 4.69) is 10.6 Å². The standard InChI is InChI=1S/C13H18F2N2O/c14-11-1-2-13(15)10(7-11)3-4-16-8-12-9-18-6-5-17-12/h1-2,7,12,16-17H,3-6,8-9H2. The Balaban J connectivity index is 1.69. The molecule has 0 aliphatic carbocycles. The molecule has 100 valence electrons. The zero-order chi connectivity index (χ0) is 12.8. The van der Waals surface area contributed by atoms with Crippen molar-refractivity contribution in [2.75, 3.05) is 32.8 Å². The Bertz CT molecular complexity index is 381. The van der Waals surface area contributed by atoms with Gasteiger partial charge in [-0.2, -0.15) is 0 Å².